The molecule has 136 valence electrons. The van der Waals surface area contributed by atoms with E-state index in [0.717, 1.165) is 24.8 Å². The molecular weight excluding hydrogens is 333 g/mol. The van der Waals surface area contributed by atoms with Crippen molar-refractivity contribution >= 4 is 11.9 Å². The van der Waals surface area contributed by atoms with Gasteiger partial charge in [0.15, 0.2) is 6.10 Å². The number of fused-ring (bicyclic) bond motifs is 1. The van der Waals surface area contributed by atoms with E-state index in [-0.39, 0.29) is 18.3 Å². The van der Waals surface area contributed by atoms with Crippen molar-refractivity contribution in [1.29, 1.82) is 0 Å². The first-order valence-electron chi connectivity index (χ1n) is 8.88. The molecule has 1 amide bonds. The molecule has 1 aliphatic rings. The molecule has 0 saturated carbocycles. The van der Waals surface area contributed by atoms with E-state index in [0.29, 0.717) is 5.56 Å². The lowest BCUT2D eigenvalue weighted by molar-refractivity contribution is -0.129. The molecule has 0 fully saturated rings. The van der Waals surface area contributed by atoms with Gasteiger partial charge in [-0.25, -0.2) is 9.18 Å². The molecule has 0 radical (unpaired) electrons. The highest BCUT2D eigenvalue weighted by atomic mass is 19.1. The Morgan fingerprint density at radius 3 is 2.50 bits per heavy atom. The zero-order valence-corrected chi connectivity index (χ0v) is 14.8. The van der Waals surface area contributed by atoms with E-state index in [4.69, 9.17) is 4.74 Å². The molecular formula is C21H22FNO3. The summed E-state index contributed by atoms with van der Waals surface area (Å²) in [6.45, 7) is 1.79. The smallest absolute Gasteiger partial charge is 0.338 e. The lowest BCUT2D eigenvalue weighted by atomic mass is 9.90. The Balaban J connectivity index is 1.54. The maximum absolute atomic E-state index is 12.9. The molecule has 2 aromatic carbocycles. The van der Waals surface area contributed by atoms with Crippen molar-refractivity contribution in [2.75, 3.05) is 0 Å². The van der Waals surface area contributed by atoms with Gasteiger partial charge in [0.05, 0.1) is 5.56 Å². The predicted molar refractivity (Wildman–Crippen MR) is 96.2 cm³/mol. The zero-order valence-electron chi connectivity index (χ0n) is 14.8. The Labute approximate surface area is 152 Å². The van der Waals surface area contributed by atoms with Gasteiger partial charge in [-0.1, -0.05) is 18.2 Å². The van der Waals surface area contributed by atoms with Gasteiger partial charge in [0, 0.05) is 6.54 Å². The van der Waals surface area contributed by atoms with Crippen LogP contribution >= 0.6 is 0 Å². The minimum absolute atomic E-state index is 0.250. The zero-order chi connectivity index (χ0) is 18.5. The van der Waals surface area contributed by atoms with Gasteiger partial charge in [0.25, 0.3) is 5.91 Å². The summed E-state index contributed by atoms with van der Waals surface area (Å²) in [5.41, 5.74) is 3.73. The van der Waals surface area contributed by atoms with Gasteiger partial charge in [-0.3, -0.25) is 4.79 Å². The van der Waals surface area contributed by atoms with E-state index in [1.165, 1.54) is 36.6 Å². The number of carbonyl (C=O) groups excluding carboxylic acids is 2. The first-order valence-corrected chi connectivity index (χ1v) is 8.88. The topological polar surface area (TPSA) is 55.4 Å². The highest BCUT2D eigenvalue weighted by Gasteiger charge is 2.20. The van der Waals surface area contributed by atoms with Gasteiger partial charge in [0.2, 0.25) is 0 Å². The van der Waals surface area contributed by atoms with Crippen LogP contribution in [0.4, 0.5) is 4.39 Å². The second-order valence-corrected chi connectivity index (χ2v) is 6.58. The van der Waals surface area contributed by atoms with Gasteiger partial charge in [-0.15, -0.1) is 0 Å². The van der Waals surface area contributed by atoms with Gasteiger partial charge >= 0.3 is 5.97 Å². The van der Waals surface area contributed by atoms with E-state index < -0.39 is 12.1 Å². The summed E-state index contributed by atoms with van der Waals surface area (Å²) in [5, 5.41) is 2.69. The van der Waals surface area contributed by atoms with Crippen molar-refractivity contribution in [2.45, 2.75) is 45.3 Å². The lowest BCUT2D eigenvalue weighted by Crippen LogP contribution is -2.35. The lowest BCUT2D eigenvalue weighted by Gasteiger charge is -2.17. The predicted octanol–water partition coefficient (Wildman–Crippen LogP) is 3.57. The number of nitrogens with one attached hydrogen (secondary N) is 1. The molecule has 1 N–H and O–H groups in total. The highest BCUT2D eigenvalue weighted by Crippen LogP contribution is 2.22. The molecule has 0 heterocycles. The van der Waals surface area contributed by atoms with Crippen LogP contribution in [-0.2, 0) is 28.9 Å². The molecule has 3 rings (SSSR count). The number of hydrogen-bond donors (Lipinski definition) is 1. The Morgan fingerprint density at radius 1 is 1.08 bits per heavy atom. The summed E-state index contributed by atoms with van der Waals surface area (Å²) >= 11 is 0. The molecule has 0 unspecified atom stereocenters. The molecule has 5 heteroatoms. The number of halogens is 1. The van der Waals surface area contributed by atoms with E-state index >= 15 is 0 Å². The number of amides is 1. The first-order chi connectivity index (χ1) is 12.5. The number of carbonyl (C=O) groups is 2. The summed E-state index contributed by atoms with van der Waals surface area (Å²) in [7, 11) is 0. The van der Waals surface area contributed by atoms with Crippen LogP contribution in [-0.4, -0.2) is 18.0 Å². The summed E-state index contributed by atoms with van der Waals surface area (Å²) in [5.74, 6) is -1.21. The SMILES string of the molecule is C[C@@H](OC(=O)c1ccc2c(c1)CCCC2)C(=O)NCc1ccc(F)cc1. The maximum Gasteiger partial charge on any atom is 0.338 e. The molecule has 0 aromatic heterocycles. The minimum atomic E-state index is -0.904. The standard InChI is InChI=1S/C21H22FNO3/c1-14(20(24)23-13-15-6-10-19(22)11-7-15)26-21(25)18-9-8-16-4-2-3-5-17(16)12-18/h6-12,14H,2-5,13H2,1H3,(H,23,24)/t14-/m1/s1. The van der Waals surface area contributed by atoms with Crippen LogP contribution in [0.1, 0.15) is 46.8 Å². The third-order valence-corrected chi connectivity index (χ3v) is 4.62. The van der Waals surface area contributed by atoms with Crippen LogP contribution in [0.25, 0.3) is 0 Å². The molecule has 4 nitrogen and oxygen atoms in total. The first kappa shape index (κ1) is 18.1. The summed E-state index contributed by atoms with van der Waals surface area (Å²) in [6, 6.07) is 11.5. The minimum Gasteiger partial charge on any atom is -0.449 e. The number of ether oxygens (including phenoxy) is 1. The van der Waals surface area contributed by atoms with Gasteiger partial charge < -0.3 is 10.1 Å². The average molecular weight is 355 g/mol. The molecule has 1 aliphatic carbocycles. The van der Waals surface area contributed by atoms with Crippen LogP contribution in [0, 0.1) is 5.82 Å². The fraction of sp³-hybridized carbons (Fsp3) is 0.333. The number of aryl methyl sites for hydroxylation is 2. The van der Waals surface area contributed by atoms with Crippen molar-refractivity contribution in [2.24, 2.45) is 0 Å². The molecule has 2 aromatic rings. The van der Waals surface area contributed by atoms with Crippen LogP contribution in [0.15, 0.2) is 42.5 Å². The van der Waals surface area contributed by atoms with Gasteiger partial charge in [-0.05, 0) is 73.6 Å². The Hall–Kier alpha value is -2.69. The molecule has 26 heavy (non-hydrogen) atoms. The van der Waals surface area contributed by atoms with Crippen molar-refractivity contribution < 1.29 is 18.7 Å². The quantitative estimate of drug-likeness (QED) is 0.835. The Bertz CT molecular complexity index is 801. The summed E-state index contributed by atoms with van der Waals surface area (Å²) in [4.78, 5) is 24.4. The molecule has 0 spiro atoms. The largest absolute Gasteiger partial charge is 0.449 e. The molecule has 0 bridgehead atoms. The average Bonchev–Trinajstić information content (AvgIpc) is 2.66. The van der Waals surface area contributed by atoms with E-state index in [9.17, 15) is 14.0 Å². The van der Waals surface area contributed by atoms with E-state index in [1.54, 1.807) is 18.2 Å². The van der Waals surface area contributed by atoms with Crippen molar-refractivity contribution in [3.05, 3.63) is 70.5 Å². The van der Waals surface area contributed by atoms with Crippen molar-refractivity contribution in [3.63, 3.8) is 0 Å². The van der Waals surface area contributed by atoms with E-state index in [1.807, 2.05) is 12.1 Å². The highest BCUT2D eigenvalue weighted by molar-refractivity contribution is 5.92. The van der Waals surface area contributed by atoms with Gasteiger partial charge in [0.1, 0.15) is 5.82 Å². The Morgan fingerprint density at radius 2 is 1.77 bits per heavy atom. The molecule has 1 atom stereocenters. The van der Waals surface area contributed by atoms with Crippen molar-refractivity contribution in [1.82, 2.24) is 5.32 Å². The van der Waals surface area contributed by atoms with Gasteiger partial charge in [-0.2, -0.15) is 0 Å². The maximum atomic E-state index is 12.9. The number of esters is 1. The second kappa shape index (κ2) is 8.13. The third kappa shape index (κ3) is 4.48. The summed E-state index contributed by atoms with van der Waals surface area (Å²) in [6.07, 6.45) is 3.44. The van der Waals surface area contributed by atoms with Crippen LogP contribution in [0.5, 0.6) is 0 Å². The summed E-state index contributed by atoms with van der Waals surface area (Å²) < 4.78 is 18.2. The number of benzene rings is 2. The Kier molecular flexibility index (Phi) is 5.66. The molecule has 0 aliphatic heterocycles. The van der Waals surface area contributed by atoms with Crippen molar-refractivity contribution in [3.8, 4) is 0 Å². The fourth-order valence-electron chi connectivity index (χ4n) is 3.08. The second-order valence-electron chi connectivity index (χ2n) is 6.58. The van der Waals surface area contributed by atoms with Crippen LogP contribution in [0.3, 0.4) is 0 Å². The normalized spacial score (nSPS) is 14.2. The van der Waals surface area contributed by atoms with Crippen LogP contribution in [0.2, 0.25) is 0 Å². The third-order valence-electron chi connectivity index (χ3n) is 4.62. The van der Waals surface area contributed by atoms with Crippen LogP contribution < -0.4 is 5.32 Å². The monoisotopic (exact) mass is 355 g/mol. The van der Waals surface area contributed by atoms with E-state index in [2.05, 4.69) is 5.32 Å². The number of hydrogen-bond acceptors (Lipinski definition) is 3. The number of rotatable bonds is 5. The fourth-order valence-corrected chi connectivity index (χ4v) is 3.08. The molecule has 0 saturated heterocycles.